The fraction of sp³-hybridized carbons (Fsp3) is 0.857. The van der Waals surface area contributed by atoms with Crippen LogP contribution >= 0.6 is 11.8 Å². The van der Waals surface area contributed by atoms with Crippen molar-refractivity contribution in [3.63, 3.8) is 0 Å². The third-order valence-corrected chi connectivity index (χ3v) is 5.55. The average molecular weight is 281 g/mol. The molecule has 0 bridgehead atoms. The summed E-state index contributed by atoms with van der Waals surface area (Å²) >= 11 is 1.66. The highest BCUT2D eigenvalue weighted by Gasteiger charge is 2.37. The second kappa shape index (κ2) is 4.77. The summed E-state index contributed by atoms with van der Waals surface area (Å²) in [6, 6.07) is 0.622. The quantitative estimate of drug-likeness (QED) is 0.814. The second-order valence-electron chi connectivity index (χ2n) is 6.52. The molecule has 1 heterocycles. The molecule has 0 radical (unpaired) electrons. The Morgan fingerprint density at radius 3 is 2.53 bits per heavy atom. The van der Waals surface area contributed by atoms with Crippen LogP contribution in [0.1, 0.15) is 64.2 Å². The van der Waals surface area contributed by atoms with Crippen LogP contribution in [0.15, 0.2) is 5.16 Å². The van der Waals surface area contributed by atoms with Crippen molar-refractivity contribution in [1.82, 2.24) is 14.8 Å². The van der Waals surface area contributed by atoms with Gasteiger partial charge in [-0.25, -0.2) is 0 Å². The summed E-state index contributed by atoms with van der Waals surface area (Å²) in [5.74, 6) is 2.77. The molecule has 2 aliphatic rings. The standard InChI is InChI=1S/C14H23N3OS/c1-9(2)14(3,18)8-19-13-16-15-12(10-4-5-10)17(13)11-6-7-11/h9-11,18H,4-8H2,1-3H3. The van der Waals surface area contributed by atoms with Crippen LogP contribution in [0.5, 0.6) is 0 Å². The lowest BCUT2D eigenvalue weighted by atomic mass is 9.95. The molecule has 0 amide bonds. The lowest BCUT2D eigenvalue weighted by molar-refractivity contribution is 0.0376. The van der Waals surface area contributed by atoms with Crippen LogP contribution in [0.2, 0.25) is 0 Å². The molecule has 0 saturated heterocycles. The Morgan fingerprint density at radius 2 is 2.00 bits per heavy atom. The van der Waals surface area contributed by atoms with E-state index < -0.39 is 5.60 Å². The first-order valence-corrected chi connectivity index (χ1v) is 8.27. The van der Waals surface area contributed by atoms with E-state index in [2.05, 4.69) is 28.6 Å². The van der Waals surface area contributed by atoms with Gasteiger partial charge in [0.1, 0.15) is 5.82 Å². The molecule has 5 heteroatoms. The van der Waals surface area contributed by atoms with Gasteiger partial charge in [0.15, 0.2) is 5.16 Å². The zero-order valence-electron chi connectivity index (χ0n) is 12.0. The summed E-state index contributed by atoms with van der Waals surface area (Å²) in [6.45, 7) is 6.02. The van der Waals surface area contributed by atoms with Crippen molar-refractivity contribution < 1.29 is 5.11 Å². The van der Waals surface area contributed by atoms with Gasteiger partial charge < -0.3 is 9.67 Å². The average Bonchev–Trinajstić information content (AvgIpc) is 3.25. The molecule has 19 heavy (non-hydrogen) atoms. The molecule has 1 unspecified atom stereocenters. The molecular weight excluding hydrogens is 258 g/mol. The summed E-state index contributed by atoms with van der Waals surface area (Å²) in [7, 11) is 0. The third-order valence-electron chi connectivity index (χ3n) is 4.28. The highest BCUT2D eigenvalue weighted by atomic mass is 32.2. The molecule has 106 valence electrons. The predicted octanol–water partition coefficient (Wildman–Crippen LogP) is 2.99. The van der Waals surface area contributed by atoms with Gasteiger partial charge in [-0.2, -0.15) is 0 Å². The van der Waals surface area contributed by atoms with Crippen LogP contribution in [0.3, 0.4) is 0 Å². The minimum absolute atomic E-state index is 0.250. The molecule has 2 saturated carbocycles. The monoisotopic (exact) mass is 281 g/mol. The van der Waals surface area contributed by atoms with E-state index in [1.165, 1.54) is 31.5 Å². The largest absolute Gasteiger partial charge is 0.389 e. The van der Waals surface area contributed by atoms with Gasteiger partial charge in [0.2, 0.25) is 0 Å². The van der Waals surface area contributed by atoms with Crippen molar-refractivity contribution in [2.24, 2.45) is 5.92 Å². The van der Waals surface area contributed by atoms with E-state index in [1.54, 1.807) is 11.8 Å². The van der Waals surface area contributed by atoms with Crippen molar-refractivity contribution in [2.45, 2.75) is 69.2 Å². The van der Waals surface area contributed by atoms with Gasteiger partial charge in [-0.15, -0.1) is 10.2 Å². The third kappa shape index (κ3) is 2.82. The molecule has 1 atom stereocenters. The number of aliphatic hydroxyl groups is 1. The smallest absolute Gasteiger partial charge is 0.191 e. The van der Waals surface area contributed by atoms with Crippen molar-refractivity contribution in [1.29, 1.82) is 0 Å². The number of thioether (sulfide) groups is 1. The predicted molar refractivity (Wildman–Crippen MR) is 76.5 cm³/mol. The molecule has 4 nitrogen and oxygen atoms in total. The van der Waals surface area contributed by atoms with Crippen molar-refractivity contribution in [2.75, 3.05) is 5.75 Å². The topological polar surface area (TPSA) is 50.9 Å². The van der Waals surface area contributed by atoms with Gasteiger partial charge >= 0.3 is 0 Å². The van der Waals surface area contributed by atoms with Crippen molar-refractivity contribution in [3.8, 4) is 0 Å². The minimum atomic E-state index is -0.648. The van der Waals surface area contributed by atoms with E-state index in [-0.39, 0.29) is 5.92 Å². The SMILES string of the molecule is CC(C)C(C)(O)CSc1nnc(C2CC2)n1C1CC1. The molecule has 2 fully saturated rings. The first kappa shape index (κ1) is 13.4. The fourth-order valence-electron chi connectivity index (χ4n) is 2.06. The zero-order chi connectivity index (χ0) is 13.6. The van der Waals surface area contributed by atoms with Crippen molar-refractivity contribution in [3.05, 3.63) is 5.82 Å². The molecule has 1 aromatic rings. The maximum Gasteiger partial charge on any atom is 0.191 e. The summed E-state index contributed by atoms with van der Waals surface area (Å²) < 4.78 is 2.35. The van der Waals surface area contributed by atoms with E-state index in [1.807, 2.05) is 6.92 Å². The van der Waals surface area contributed by atoms with Gasteiger partial charge in [-0.1, -0.05) is 25.6 Å². The summed E-state index contributed by atoms with van der Waals surface area (Å²) in [5, 5.41) is 20.1. The Labute approximate surface area is 119 Å². The van der Waals surface area contributed by atoms with Gasteiger partial charge in [-0.3, -0.25) is 0 Å². The number of aromatic nitrogens is 3. The first-order chi connectivity index (χ1) is 8.99. The van der Waals surface area contributed by atoms with Crippen LogP contribution in [0.4, 0.5) is 0 Å². The number of hydrogen-bond donors (Lipinski definition) is 1. The Morgan fingerprint density at radius 1 is 1.32 bits per heavy atom. The minimum Gasteiger partial charge on any atom is -0.389 e. The van der Waals surface area contributed by atoms with Gasteiger partial charge in [0, 0.05) is 17.7 Å². The van der Waals surface area contributed by atoms with Crippen LogP contribution in [0, 0.1) is 5.92 Å². The number of rotatable bonds is 6. The Kier molecular flexibility index (Phi) is 3.38. The second-order valence-corrected chi connectivity index (χ2v) is 7.46. The molecule has 3 rings (SSSR count). The molecular formula is C14H23N3OS. The van der Waals surface area contributed by atoms with E-state index >= 15 is 0 Å². The Hall–Kier alpha value is -0.550. The molecule has 1 aromatic heterocycles. The van der Waals surface area contributed by atoms with E-state index in [0.717, 1.165) is 5.16 Å². The lowest BCUT2D eigenvalue weighted by Crippen LogP contribution is -2.33. The Balaban J connectivity index is 1.74. The summed E-state index contributed by atoms with van der Waals surface area (Å²) in [6.07, 6.45) is 5.04. The number of nitrogens with zero attached hydrogens (tertiary/aromatic N) is 3. The Bertz CT molecular complexity index is 461. The van der Waals surface area contributed by atoms with Gasteiger partial charge in [0.25, 0.3) is 0 Å². The highest BCUT2D eigenvalue weighted by Crippen LogP contribution is 2.46. The normalized spacial score (nSPS) is 22.8. The molecule has 0 aromatic carbocycles. The van der Waals surface area contributed by atoms with E-state index in [4.69, 9.17) is 0 Å². The van der Waals surface area contributed by atoms with E-state index in [0.29, 0.717) is 17.7 Å². The molecule has 2 aliphatic carbocycles. The first-order valence-electron chi connectivity index (χ1n) is 7.29. The molecule has 0 spiro atoms. The maximum absolute atomic E-state index is 10.3. The summed E-state index contributed by atoms with van der Waals surface area (Å²) in [5.41, 5.74) is -0.648. The number of hydrogen-bond acceptors (Lipinski definition) is 4. The van der Waals surface area contributed by atoms with Gasteiger partial charge in [0.05, 0.1) is 5.60 Å². The highest BCUT2D eigenvalue weighted by molar-refractivity contribution is 7.99. The van der Waals surface area contributed by atoms with Crippen LogP contribution < -0.4 is 0 Å². The van der Waals surface area contributed by atoms with Crippen molar-refractivity contribution >= 4 is 11.8 Å². The molecule has 0 aliphatic heterocycles. The van der Waals surface area contributed by atoms with Crippen LogP contribution in [-0.4, -0.2) is 31.2 Å². The lowest BCUT2D eigenvalue weighted by Gasteiger charge is -2.26. The maximum atomic E-state index is 10.3. The summed E-state index contributed by atoms with van der Waals surface area (Å²) in [4.78, 5) is 0. The van der Waals surface area contributed by atoms with Crippen LogP contribution in [0.25, 0.3) is 0 Å². The fourth-order valence-corrected chi connectivity index (χ4v) is 3.29. The van der Waals surface area contributed by atoms with E-state index in [9.17, 15) is 5.11 Å². The zero-order valence-corrected chi connectivity index (χ0v) is 12.8. The van der Waals surface area contributed by atoms with Crippen LogP contribution in [-0.2, 0) is 0 Å². The van der Waals surface area contributed by atoms with Gasteiger partial charge in [-0.05, 0) is 38.5 Å². The molecule has 1 N–H and O–H groups in total.